The molecule has 62 valence electrons. The van der Waals surface area contributed by atoms with Gasteiger partial charge in [0.15, 0.2) is 6.29 Å². The van der Waals surface area contributed by atoms with E-state index in [2.05, 4.69) is 29.8 Å². The van der Waals surface area contributed by atoms with Crippen molar-refractivity contribution in [2.45, 2.75) is 20.1 Å². The van der Waals surface area contributed by atoms with Crippen LogP contribution in [-0.2, 0) is 9.47 Å². The lowest BCUT2D eigenvalue weighted by atomic mass is 10.2. The molecule has 0 aliphatic carbocycles. The summed E-state index contributed by atoms with van der Waals surface area (Å²) < 4.78 is 10.3. The van der Waals surface area contributed by atoms with Crippen LogP contribution in [0.3, 0.4) is 0 Å². The fourth-order valence-corrected chi connectivity index (χ4v) is 0.927. The molecule has 0 aliphatic heterocycles. The summed E-state index contributed by atoms with van der Waals surface area (Å²) in [5, 5.41) is 0.732. The Morgan fingerprint density at radius 1 is 1.40 bits per heavy atom. The van der Waals surface area contributed by atoms with Gasteiger partial charge in [0.05, 0.1) is 11.9 Å². The molecule has 3 heteroatoms. The van der Waals surface area contributed by atoms with Gasteiger partial charge in [0.2, 0.25) is 0 Å². The van der Waals surface area contributed by atoms with Crippen molar-refractivity contribution in [3.8, 4) is 0 Å². The molecule has 0 amide bonds. The molecule has 0 rings (SSSR count). The summed E-state index contributed by atoms with van der Waals surface area (Å²) >= 11 is 3.28. The highest BCUT2D eigenvalue weighted by Gasteiger charge is 2.04. The average Bonchev–Trinajstić information content (AvgIpc) is 1.90. The van der Waals surface area contributed by atoms with Gasteiger partial charge in [-0.2, -0.15) is 0 Å². The second-order valence-electron chi connectivity index (χ2n) is 2.55. The number of hydrogen-bond donors (Lipinski definition) is 0. The molecule has 0 N–H and O–H groups in total. The van der Waals surface area contributed by atoms with E-state index in [-0.39, 0.29) is 6.29 Å². The predicted octanol–water partition coefficient (Wildman–Crippen LogP) is 2.03. The molecule has 1 atom stereocenters. The van der Waals surface area contributed by atoms with Gasteiger partial charge in [0.1, 0.15) is 0 Å². The lowest BCUT2D eigenvalue weighted by Crippen LogP contribution is -2.19. The molecule has 2 nitrogen and oxygen atoms in total. The Labute approximate surface area is 71.0 Å². The summed E-state index contributed by atoms with van der Waals surface area (Å²) in [6.07, 6.45) is -0.0950. The third kappa shape index (κ3) is 5.21. The Balaban J connectivity index is 3.26. The van der Waals surface area contributed by atoms with Gasteiger partial charge in [-0.25, -0.2) is 0 Å². The van der Waals surface area contributed by atoms with Gasteiger partial charge >= 0.3 is 0 Å². The standard InChI is InChI=1S/C7H15BrO2/c1-6(2)5-10-7(4-8)9-3/h6-7H,4-5H2,1-3H3. The molecule has 1 unspecified atom stereocenters. The van der Waals surface area contributed by atoms with E-state index in [1.807, 2.05) is 0 Å². The first-order chi connectivity index (χ1) is 4.70. The predicted molar refractivity (Wildman–Crippen MR) is 45.4 cm³/mol. The largest absolute Gasteiger partial charge is 0.355 e. The van der Waals surface area contributed by atoms with Crippen LogP contribution in [0.1, 0.15) is 13.8 Å². The minimum Gasteiger partial charge on any atom is -0.355 e. The number of methoxy groups -OCH3 is 1. The van der Waals surface area contributed by atoms with E-state index in [1.165, 1.54) is 0 Å². The molecule has 0 aliphatic rings. The summed E-state index contributed by atoms with van der Waals surface area (Å²) in [6.45, 7) is 4.98. The van der Waals surface area contributed by atoms with E-state index in [0.717, 1.165) is 11.9 Å². The zero-order valence-corrected chi connectivity index (χ0v) is 8.35. The van der Waals surface area contributed by atoms with Crippen molar-refractivity contribution in [3.63, 3.8) is 0 Å². The van der Waals surface area contributed by atoms with Crippen LogP contribution in [-0.4, -0.2) is 25.3 Å². The summed E-state index contributed by atoms with van der Waals surface area (Å²) in [7, 11) is 1.65. The fourth-order valence-electron chi connectivity index (χ4n) is 0.475. The Morgan fingerprint density at radius 2 is 2.00 bits per heavy atom. The van der Waals surface area contributed by atoms with Crippen molar-refractivity contribution in [2.24, 2.45) is 5.92 Å². The Hall–Kier alpha value is 0.400. The Morgan fingerprint density at radius 3 is 2.30 bits per heavy atom. The second-order valence-corrected chi connectivity index (χ2v) is 3.19. The van der Waals surface area contributed by atoms with Crippen LogP contribution < -0.4 is 0 Å². The minimum absolute atomic E-state index is 0.0950. The number of ether oxygens (including phenoxy) is 2. The van der Waals surface area contributed by atoms with Crippen molar-refractivity contribution >= 4 is 15.9 Å². The smallest absolute Gasteiger partial charge is 0.166 e. The van der Waals surface area contributed by atoms with E-state index in [0.29, 0.717) is 5.92 Å². The number of alkyl halides is 1. The molecule has 0 spiro atoms. The third-order valence-corrected chi connectivity index (χ3v) is 1.53. The van der Waals surface area contributed by atoms with Crippen LogP contribution >= 0.6 is 15.9 Å². The third-order valence-electron chi connectivity index (χ3n) is 1.00. The number of hydrogen-bond acceptors (Lipinski definition) is 2. The van der Waals surface area contributed by atoms with Crippen LogP contribution in [0, 0.1) is 5.92 Å². The molecule has 0 aromatic heterocycles. The van der Waals surface area contributed by atoms with Crippen molar-refractivity contribution in [1.82, 2.24) is 0 Å². The summed E-state index contributed by atoms with van der Waals surface area (Å²) in [4.78, 5) is 0. The fraction of sp³-hybridized carbons (Fsp3) is 1.00. The van der Waals surface area contributed by atoms with E-state index in [1.54, 1.807) is 7.11 Å². The van der Waals surface area contributed by atoms with Gasteiger partial charge in [-0.1, -0.05) is 29.8 Å². The minimum atomic E-state index is -0.0950. The van der Waals surface area contributed by atoms with Crippen LogP contribution in [0.15, 0.2) is 0 Å². The Kier molecular flexibility index (Phi) is 6.38. The molecule has 0 fully saturated rings. The first kappa shape index (κ1) is 10.4. The molecule has 0 heterocycles. The van der Waals surface area contributed by atoms with Crippen LogP contribution in [0.25, 0.3) is 0 Å². The van der Waals surface area contributed by atoms with Crippen LogP contribution in [0.2, 0.25) is 0 Å². The first-order valence-electron chi connectivity index (χ1n) is 3.41. The first-order valence-corrected chi connectivity index (χ1v) is 4.53. The normalized spacial score (nSPS) is 14.1. The van der Waals surface area contributed by atoms with Crippen LogP contribution in [0.4, 0.5) is 0 Å². The highest BCUT2D eigenvalue weighted by atomic mass is 79.9. The van der Waals surface area contributed by atoms with Gasteiger partial charge in [-0.15, -0.1) is 0 Å². The quantitative estimate of drug-likeness (QED) is 0.511. The monoisotopic (exact) mass is 210 g/mol. The van der Waals surface area contributed by atoms with Crippen molar-refractivity contribution < 1.29 is 9.47 Å². The topological polar surface area (TPSA) is 18.5 Å². The molecule has 0 bridgehead atoms. The summed E-state index contributed by atoms with van der Waals surface area (Å²) in [5.41, 5.74) is 0. The van der Waals surface area contributed by atoms with E-state index < -0.39 is 0 Å². The zero-order valence-electron chi connectivity index (χ0n) is 6.76. The number of rotatable bonds is 5. The molecular weight excluding hydrogens is 196 g/mol. The molecule has 0 aromatic rings. The lowest BCUT2D eigenvalue weighted by molar-refractivity contribution is -0.113. The van der Waals surface area contributed by atoms with Crippen molar-refractivity contribution in [1.29, 1.82) is 0 Å². The summed E-state index contributed by atoms with van der Waals surface area (Å²) in [6, 6.07) is 0. The molecule has 0 aromatic carbocycles. The molecule has 0 radical (unpaired) electrons. The maximum atomic E-state index is 5.33. The lowest BCUT2D eigenvalue weighted by Gasteiger charge is -2.14. The SMILES string of the molecule is COC(CBr)OCC(C)C. The van der Waals surface area contributed by atoms with E-state index in [9.17, 15) is 0 Å². The van der Waals surface area contributed by atoms with Gasteiger partial charge in [-0.05, 0) is 5.92 Å². The Bertz CT molecular complexity index is 72.0. The average molecular weight is 211 g/mol. The van der Waals surface area contributed by atoms with Crippen LogP contribution in [0.5, 0.6) is 0 Å². The maximum absolute atomic E-state index is 5.33. The van der Waals surface area contributed by atoms with Crippen molar-refractivity contribution in [2.75, 3.05) is 19.0 Å². The van der Waals surface area contributed by atoms with E-state index >= 15 is 0 Å². The summed E-state index contributed by atoms with van der Waals surface area (Å²) in [5.74, 6) is 0.566. The number of halogens is 1. The van der Waals surface area contributed by atoms with Gasteiger partial charge in [0.25, 0.3) is 0 Å². The highest BCUT2D eigenvalue weighted by Crippen LogP contribution is 2.01. The maximum Gasteiger partial charge on any atom is 0.166 e. The molecule has 10 heavy (non-hydrogen) atoms. The zero-order chi connectivity index (χ0) is 7.98. The van der Waals surface area contributed by atoms with E-state index in [4.69, 9.17) is 9.47 Å². The molecule has 0 saturated carbocycles. The van der Waals surface area contributed by atoms with Crippen molar-refractivity contribution in [3.05, 3.63) is 0 Å². The molecular formula is C7H15BrO2. The second kappa shape index (κ2) is 6.13. The highest BCUT2D eigenvalue weighted by molar-refractivity contribution is 9.09. The van der Waals surface area contributed by atoms with Gasteiger partial charge in [-0.3, -0.25) is 0 Å². The molecule has 0 saturated heterocycles. The van der Waals surface area contributed by atoms with Gasteiger partial charge < -0.3 is 9.47 Å². The van der Waals surface area contributed by atoms with Gasteiger partial charge in [0, 0.05) is 7.11 Å².